The van der Waals surface area contributed by atoms with Crippen LogP contribution in [0.3, 0.4) is 0 Å². The summed E-state index contributed by atoms with van der Waals surface area (Å²) in [5, 5.41) is 0. The second-order valence-corrected chi connectivity index (χ2v) is 4.04. The molecule has 1 aromatic rings. The lowest BCUT2D eigenvalue weighted by atomic mass is 9.97. The molecule has 2 aliphatic rings. The lowest BCUT2D eigenvalue weighted by Crippen LogP contribution is -2.15. The zero-order valence-electron chi connectivity index (χ0n) is 8.35. The van der Waals surface area contributed by atoms with Crippen molar-refractivity contribution < 1.29 is 9.53 Å². The Kier molecular flexibility index (Phi) is 1.96. The Morgan fingerprint density at radius 1 is 1.20 bits per heavy atom. The van der Waals surface area contributed by atoms with Crippen molar-refractivity contribution in [1.29, 1.82) is 0 Å². The van der Waals surface area contributed by atoms with E-state index in [1.807, 2.05) is 36.4 Å². The largest absolute Gasteiger partial charge is 0.373 e. The van der Waals surface area contributed by atoms with E-state index >= 15 is 0 Å². The first-order chi connectivity index (χ1) is 7.36. The van der Waals surface area contributed by atoms with Crippen molar-refractivity contribution in [3.05, 3.63) is 42.0 Å². The van der Waals surface area contributed by atoms with Gasteiger partial charge in [0.15, 0.2) is 5.78 Å². The van der Waals surface area contributed by atoms with E-state index in [1.54, 1.807) is 0 Å². The van der Waals surface area contributed by atoms with E-state index in [2.05, 4.69) is 0 Å². The summed E-state index contributed by atoms with van der Waals surface area (Å²) < 4.78 is 5.50. The predicted octanol–water partition coefficient (Wildman–Crippen LogP) is 2.06. The number of Topliss-reactive ketones (excluding diaryl/α,β-unsaturated/α-hetero) is 1. The van der Waals surface area contributed by atoms with E-state index in [4.69, 9.17) is 4.74 Å². The second-order valence-electron chi connectivity index (χ2n) is 4.04. The molecule has 0 saturated carbocycles. The smallest absolute Gasteiger partial charge is 0.169 e. The summed E-state index contributed by atoms with van der Waals surface area (Å²) >= 11 is 0. The Morgan fingerprint density at radius 2 is 2.00 bits per heavy atom. The lowest BCUT2D eigenvalue weighted by Gasteiger charge is -2.04. The molecule has 2 unspecified atom stereocenters. The number of ketones is 1. The fourth-order valence-corrected chi connectivity index (χ4v) is 2.36. The highest BCUT2D eigenvalue weighted by atomic mass is 16.5. The molecule has 2 nitrogen and oxygen atoms in total. The Labute approximate surface area is 88.6 Å². The zero-order chi connectivity index (χ0) is 10.3. The summed E-state index contributed by atoms with van der Waals surface area (Å²) in [6.45, 7) is 0.722. The Balaban J connectivity index is 1.98. The minimum atomic E-state index is 0.0349. The number of fused-ring (bicyclic) bond motifs is 1. The summed E-state index contributed by atoms with van der Waals surface area (Å²) in [4.78, 5) is 12.0. The molecule has 1 aliphatic carbocycles. The number of hydrogen-bond donors (Lipinski definition) is 0. The molecule has 2 heteroatoms. The van der Waals surface area contributed by atoms with Crippen LogP contribution in [-0.2, 0) is 9.53 Å². The van der Waals surface area contributed by atoms with Gasteiger partial charge < -0.3 is 4.74 Å². The van der Waals surface area contributed by atoms with Crippen LogP contribution in [0, 0.1) is 5.92 Å². The maximum Gasteiger partial charge on any atom is 0.169 e. The number of benzene rings is 1. The third-order valence-corrected chi connectivity index (χ3v) is 3.15. The third-order valence-electron chi connectivity index (χ3n) is 3.15. The number of hydrogen-bond acceptors (Lipinski definition) is 2. The topological polar surface area (TPSA) is 26.3 Å². The summed E-state index contributed by atoms with van der Waals surface area (Å²) in [5.74, 6) is 0.337. The molecule has 3 rings (SSSR count). The highest BCUT2D eigenvalue weighted by molar-refractivity contribution is 6.24. The molecular weight excluding hydrogens is 188 g/mol. The average molecular weight is 200 g/mol. The van der Waals surface area contributed by atoms with Crippen molar-refractivity contribution in [2.75, 3.05) is 6.61 Å². The van der Waals surface area contributed by atoms with Crippen molar-refractivity contribution >= 4 is 11.4 Å². The van der Waals surface area contributed by atoms with E-state index < -0.39 is 0 Å². The SMILES string of the molecule is O=C1C(c2ccccc2)=CC2OCCC12. The molecule has 76 valence electrons. The summed E-state index contributed by atoms with van der Waals surface area (Å²) in [6, 6.07) is 9.83. The number of ether oxygens (including phenoxy) is 1. The molecule has 0 aromatic heterocycles. The molecule has 2 atom stereocenters. The molecule has 0 bridgehead atoms. The van der Waals surface area contributed by atoms with Gasteiger partial charge in [0.05, 0.1) is 12.0 Å². The maximum atomic E-state index is 12.0. The summed E-state index contributed by atoms with van der Waals surface area (Å²) in [7, 11) is 0. The molecule has 15 heavy (non-hydrogen) atoms. The van der Waals surface area contributed by atoms with Crippen LogP contribution < -0.4 is 0 Å². The molecular formula is C13H12O2. The van der Waals surface area contributed by atoms with Crippen molar-refractivity contribution in [2.24, 2.45) is 5.92 Å². The molecule has 1 heterocycles. The van der Waals surface area contributed by atoms with Crippen LogP contribution in [0.5, 0.6) is 0 Å². The van der Waals surface area contributed by atoms with Crippen molar-refractivity contribution in [1.82, 2.24) is 0 Å². The number of allylic oxidation sites excluding steroid dienone is 1. The molecule has 0 radical (unpaired) electrons. The molecule has 1 aliphatic heterocycles. The molecule has 1 aromatic carbocycles. The first-order valence-electron chi connectivity index (χ1n) is 5.29. The van der Waals surface area contributed by atoms with Crippen LogP contribution in [0.1, 0.15) is 12.0 Å². The number of carbonyl (C=O) groups excluding carboxylic acids is 1. The lowest BCUT2D eigenvalue weighted by molar-refractivity contribution is -0.117. The van der Waals surface area contributed by atoms with Crippen molar-refractivity contribution in [3.8, 4) is 0 Å². The van der Waals surface area contributed by atoms with Crippen LogP contribution >= 0.6 is 0 Å². The molecule has 1 saturated heterocycles. The van der Waals surface area contributed by atoms with Crippen LogP contribution in [0.4, 0.5) is 0 Å². The fraction of sp³-hybridized carbons (Fsp3) is 0.308. The molecule has 0 N–H and O–H groups in total. The Bertz CT molecular complexity index is 419. The Morgan fingerprint density at radius 3 is 2.73 bits per heavy atom. The van der Waals surface area contributed by atoms with Gasteiger partial charge in [-0.1, -0.05) is 30.3 Å². The monoisotopic (exact) mass is 200 g/mol. The van der Waals surface area contributed by atoms with E-state index in [9.17, 15) is 4.79 Å². The van der Waals surface area contributed by atoms with Gasteiger partial charge in [0, 0.05) is 12.2 Å². The standard InChI is InChI=1S/C13H12O2/c14-13-10-6-7-15-12(10)8-11(13)9-4-2-1-3-5-9/h1-5,8,10,12H,6-7H2. The van der Waals surface area contributed by atoms with Gasteiger partial charge in [-0.25, -0.2) is 0 Å². The fourth-order valence-electron chi connectivity index (χ4n) is 2.36. The highest BCUT2D eigenvalue weighted by Gasteiger charge is 2.40. The highest BCUT2D eigenvalue weighted by Crippen LogP contribution is 2.36. The van der Waals surface area contributed by atoms with Gasteiger partial charge in [0.1, 0.15) is 0 Å². The van der Waals surface area contributed by atoms with Crippen LogP contribution in [-0.4, -0.2) is 18.5 Å². The van der Waals surface area contributed by atoms with Crippen LogP contribution in [0.25, 0.3) is 5.57 Å². The van der Waals surface area contributed by atoms with Gasteiger partial charge >= 0.3 is 0 Å². The van der Waals surface area contributed by atoms with Gasteiger partial charge in [0.2, 0.25) is 0 Å². The molecule has 1 fully saturated rings. The van der Waals surface area contributed by atoms with Crippen LogP contribution in [0.15, 0.2) is 36.4 Å². The predicted molar refractivity (Wildman–Crippen MR) is 57.3 cm³/mol. The average Bonchev–Trinajstić information content (AvgIpc) is 2.83. The van der Waals surface area contributed by atoms with Crippen LogP contribution in [0.2, 0.25) is 0 Å². The molecule has 0 amide bonds. The summed E-state index contributed by atoms with van der Waals surface area (Å²) in [5.41, 5.74) is 1.85. The van der Waals surface area contributed by atoms with Crippen molar-refractivity contribution in [3.63, 3.8) is 0 Å². The number of rotatable bonds is 1. The minimum absolute atomic E-state index is 0.0349. The zero-order valence-corrected chi connectivity index (χ0v) is 8.35. The van der Waals surface area contributed by atoms with Gasteiger partial charge in [-0.05, 0) is 18.1 Å². The first kappa shape index (κ1) is 8.86. The van der Waals surface area contributed by atoms with Gasteiger partial charge in [0.25, 0.3) is 0 Å². The van der Waals surface area contributed by atoms with Gasteiger partial charge in [-0.3, -0.25) is 4.79 Å². The van der Waals surface area contributed by atoms with E-state index in [-0.39, 0.29) is 17.8 Å². The van der Waals surface area contributed by atoms with Gasteiger partial charge in [-0.15, -0.1) is 0 Å². The first-order valence-corrected chi connectivity index (χ1v) is 5.29. The maximum absolute atomic E-state index is 12.0. The van der Waals surface area contributed by atoms with E-state index in [0.717, 1.165) is 24.2 Å². The summed E-state index contributed by atoms with van der Waals surface area (Å²) in [6.07, 6.45) is 2.89. The van der Waals surface area contributed by atoms with E-state index in [1.165, 1.54) is 0 Å². The normalized spacial score (nSPS) is 29.1. The third kappa shape index (κ3) is 1.33. The second kappa shape index (κ2) is 3.31. The van der Waals surface area contributed by atoms with E-state index in [0.29, 0.717) is 0 Å². The number of carbonyl (C=O) groups is 1. The molecule has 0 spiro atoms. The minimum Gasteiger partial charge on any atom is -0.373 e. The van der Waals surface area contributed by atoms with Crippen molar-refractivity contribution in [2.45, 2.75) is 12.5 Å². The quantitative estimate of drug-likeness (QED) is 0.693. The Hall–Kier alpha value is -1.41. The van der Waals surface area contributed by atoms with Gasteiger partial charge in [-0.2, -0.15) is 0 Å².